The maximum absolute atomic E-state index is 12.4. The molecule has 7 nitrogen and oxygen atoms in total. The van der Waals surface area contributed by atoms with Gasteiger partial charge in [-0.1, -0.05) is 18.2 Å². The standard InChI is InChI=1S/C20H20N2O5/c1-26-17-9-4-3-8-16(17)22-19(24)15-11-14(15)18(23)21-13-7-5-6-12(10-13)20(25)27-2/h3-10,14-15H,11H2,1-2H3,(H,21,23)(H,22,24). The van der Waals surface area contributed by atoms with Gasteiger partial charge >= 0.3 is 5.97 Å². The van der Waals surface area contributed by atoms with Crippen LogP contribution in [0, 0.1) is 11.8 Å². The monoisotopic (exact) mass is 368 g/mol. The number of carbonyl (C=O) groups excluding carboxylic acids is 3. The third kappa shape index (κ3) is 4.25. The van der Waals surface area contributed by atoms with Crippen LogP contribution in [-0.4, -0.2) is 32.0 Å². The van der Waals surface area contributed by atoms with Gasteiger partial charge in [-0.2, -0.15) is 0 Å². The number of carbonyl (C=O) groups is 3. The molecule has 2 aromatic carbocycles. The van der Waals surface area contributed by atoms with Crippen LogP contribution in [-0.2, 0) is 14.3 Å². The first-order valence-corrected chi connectivity index (χ1v) is 8.46. The number of ether oxygens (including phenoxy) is 2. The second-order valence-electron chi connectivity index (χ2n) is 6.20. The van der Waals surface area contributed by atoms with Gasteiger partial charge in [-0.25, -0.2) is 4.79 Å². The molecule has 1 aliphatic carbocycles. The number of esters is 1. The van der Waals surface area contributed by atoms with Gasteiger partial charge in [0.2, 0.25) is 11.8 Å². The Hall–Kier alpha value is -3.35. The van der Waals surface area contributed by atoms with Gasteiger partial charge in [-0.05, 0) is 36.8 Å². The molecule has 2 N–H and O–H groups in total. The predicted molar refractivity (Wildman–Crippen MR) is 99.6 cm³/mol. The van der Waals surface area contributed by atoms with Crippen molar-refractivity contribution in [1.29, 1.82) is 0 Å². The molecule has 1 aliphatic rings. The van der Waals surface area contributed by atoms with Gasteiger partial charge in [0.05, 0.1) is 37.3 Å². The van der Waals surface area contributed by atoms with Gasteiger partial charge in [-0.3, -0.25) is 9.59 Å². The van der Waals surface area contributed by atoms with E-state index in [9.17, 15) is 14.4 Å². The molecule has 0 saturated heterocycles. The summed E-state index contributed by atoms with van der Waals surface area (Å²) in [7, 11) is 2.82. The fourth-order valence-electron chi connectivity index (χ4n) is 2.82. The number of hydrogen-bond acceptors (Lipinski definition) is 5. The molecule has 3 rings (SSSR count). The lowest BCUT2D eigenvalue weighted by molar-refractivity contribution is -0.122. The first-order chi connectivity index (χ1) is 13.0. The SMILES string of the molecule is COC(=O)c1cccc(NC(=O)C2CC2C(=O)Nc2ccccc2OC)c1. The van der Waals surface area contributed by atoms with Crippen molar-refractivity contribution in [2.75, 3.05) is 24.9 Å². The van der Waals surface area contributed by atoms with E-state index in [1.54, 1.807) is 36.4 Å². The number of methoxy groups -OCH3 is 2. The zero-order valence-electron chi connectivity index (χ0n) is 15.0. The number of benzene rings is 2. The van der Waals surface area contributed by atoms with E-state index in [1.807, 2.05) is 6.07 Å². The summed E-state index contributed by atoms with van der Waals surface area (Å²) in [6.07, 6.45) is 0.476. The number of hydrogen-bond donors (Lipinski definition) is 2. The Bertz CT molecular complexity index is 880. The number of nitrogens with one attached hydrogen (secondary N) is 2. The van der Waals surface area contributed by atoms with E-state index < -0.39 is 17.8 Å². The van der Waals surface area contributed by atoms with E-state index in [-0.39, 0.29) is 11.8 Å². The van der Waals surface area contributed by atoms with Crippen molar-refractivity contribution in [3.8, 4) is 5.75 Å². The molecule has 2 aromatic rings. The van der Waals surface area contributed by atoms with Crippen molar-refractivity contribution in [2.45, 2.75) is 6.42 Å². The summed E-state index contributed by atoms with van der Waals surface area (Å²) in [6.45, 7) is 0. The van der Waals surface area contributed by atoms with Crippen LogP contribution in [0.2, 0.25) is 0 Å². The van der Waals surface area contributed by atoms with Crippen LogP contribution in [0.5, 0.6) is 5.75 Å². The molecule has 0 heterocycles. The van der Waals surface area contributed by atoms with Crippen molar-refractivity contribution in [2.24, 2.45) is 11.8 Å². The van der Waals surface area contributed by atoms with Crippen molar-refractivity contribution in [3.05, 3.63) is 54.1 Å². The van der Waals surface area contributed by atoms with Gasteiger partial charge in [0.15, 0.2) is 0 Å². The molecule has 2 atom stereocenters. The highest BCUT2D eigenvalue weighted by molar-refractivity contribution is 6.04. The first kappa shape index (κ1) is 18.4. The normalized spacial score (nSPS) is 17.6. The maximum atomic E-state index is 12.4. The van der Waals surface area contributed by atoms with Crippen molar-refractivity contribution in [3.63, 3.8) is 0 Å². The second kappa shape index (κ2) is 7.90. The fraction of sp³-hybridized carbons (Fsp3) is 0.250. The van der Waals surface area contributed by atoms with Gasteiger partial charge in [0.25, 0.3) is 0 Å². The number of amides is 2. The Morgan fingerprint density at radius 3 is 2.33 bits per heavy atom. The third-order valence-corrected chi connectivity index (χ3v) is 4.38. The van der Waals surface area contributed by atoms with Gasteiger partial charge in [0.1, 0.15) is 5.75 Å². The van der Waals surface area contributed by atoms with Crippen molar-refractivity contribution >= 4 is 29.2 Å². The van der Waals surface area contributed by atoms with Crippen LogP contribution in [0.3, 0.4) is 0 Å². The maximum Gasteiger partial charge on any atom is 0.337 e. The highest BCUT2D eigenvalue weighted by Crippen LogP contribution is 2.40. The summed E-state index contributed by atoms with van der Waals surface area (Å²) in [4.78, 5) is 36.3. The molecule has 27 heavy (non-hydrogen) atoms. The Balaban J connectivity index is 1.59. The highest BCUT2D eigenvalue weighted by Gasteiger charge is 2.48. The van der Waals surface area contributed by atoms with Crippen LogP contribution >= 0.6 is 0 Å². The van der Waals surface area contributed by atoms with E-state index in [2.05, 4.69) is 15.4 Å². The topological polar surface area (TPSA) is 93.7 Å². The summed E-state index contributed by atoms with van der Waals surface area (Å²) in [5.74, 6) is -1.18. The average Bonchev–Trinajstić information content (AvgIpc) is 3.49. The van der Waals surface area contributed by atoms with Crippen LogP contribution in [0.1, 0.15) is 16.8 Å². The molecule has 7 heteroatoms. The minimum absolute atomic E-state index is 0.219. The summed E-state index contributed by atoms with van der Waals surface area (Å²) in [5.41, 5.74) is 1.40. The largest absolute Gasteiger partial charge is 0.495 e. The quantitative estimate of drug-likeness (QED) is 0.765. The molecular weight excluding hydrogens is 348 g/mol. The van der Waals surface area contributed by atoms with Gasteiger partial charge in [0, 0.05) is 5.69 Å². The minimum Gasteiger partial charge on any atom is -0.495 e. The molecule has 140 valence electrons. The van der Waals surface area contributed by atoms with E-state index in [0.29, 0.717) is 29.1 Å². The molecule has 0 aliphatic heterocycles. The highest BCUT2D eigenvalue weighted by atomic mass is 16.5. The molecular formula is C20H20N2O5. The third-order valence-electron chi connectivity index (χ3n) is 4.38. The van der Waals surface area contributed by atoms with E-state index >= 15 is 0 Å². The van der Waals surface area contributed by atoms with Gasteiger partial charge < -0.3 is 20.1 Å². The first-order valence-electron chi connectivity index (χ1n) is 8.46. The van der Waals surface area contributed by atoms with E-state index in [1.165, 1.54) is 20.3 Å². The van der Waals surface area contributed by atoms with E-state index in [4.69, 9.17) is 4.74 Å². The molecule has 1 saturated carbocycles. The predicted octanol–water partition coefficient (Wildman–Crippen LogP) is 2.70. The Morgan fingerprint density at radius 1 is 0.926 bits per heavy atom. The molecule has 0 spiro atoms. The zero-order chi connectivity index (χ0) is 19.4. The summed E-state index contributed by atoms with van der Waals surface area (Å²) in [5, 5.41) is 5.54. The molecule has 0 radical (unpaired) electrons. The molecule has 0 bridgehead atoms. The number of rotatable bonds is 6. The number of para-hydroxylation sites is 2. The molecule has 0 aromatic heterocycles. The summed E-state index contributed by atoms with van der Waals surface area (Å²) >= 11 is 0. The second-order valence-corrected chi connectivity index (χ2v) is 6.20. The summed E-state index contributed by atoms with van der Waals surface area (Å²) < 4.78 is 9.87. The van der Waals surface area contributed by atoms with Crippen LogP contribution in [0.25, 0.3) is 0 Å². The van der Waals surface area contributed by atoms with Gasteiger partial charge in [-0.15, -0.1) is 0 Å². The van der Waals surface area contributed by atoms with Crippen LogP contribution < -0.4 is 15.4 Å². The Labute approximate surface area is 156 Å². The van der Waals surface area contributed by atoms with E-state index in [0.717, 1.165) is 0 Å². The minimum atomic E-state index is -0.480. The Kier molecular flexibility index (Phi) is 5.40. The Morgan fingerprint density at radius 2 is 1.63 bits per heavy atom. The molecule has 1 fully saturated rings. The lowest BCUT2D eigenvalue weighted by atomic mass is 10.2. The summed E-state index contributed by atoms with van der Waals surface area (Å²) in [6, 6.07) is 13.6. The average molecular weight is 368 g/mol. The smallest absolute Gasteiger partial charge is 0.337 e. The van der Waals surface area contributed by atoms with Crippen LogP contribution in [0.15, 0.2) is 48.5 Å². The molecule has 2 amide bonds. The lowest BCUT2D eigenvalue weighted by Crippen LogP contribution is -2.21. The van der Waals surface area contributed by atoms with Crippen LogP contribution in [0.4, 0.5) is 11.4 Å². The fourth-order valence-corrected chi connectivity index (χ4v) is 2.82. The zero-order valence-corrected chi connectivity index (χ0v) is 15.0. The number of anilines is 2. The lowest BCUT2D eigenvalue weighted by Gasteiger charge is -2.10. The van der Waals surface area contributed by atoms with Crippen molar-refractivity contribution in [1.82, 2.24) is 0 Å². The van der Waals surface area contributed by atoms with Crippen molar-refractivity contribution < 1.29 is 23.9 Å². The molecule has 2 unspecified atom stereocenters.